The van der Waals surface area contributed by atoms with E-state index in [1.807, 2.05) is 6.07 Å². The first-order chi connectivity index (χ1) is 6.84. The molecule has 2 atom stereocenters. The molecule has 0 aromatic heterocycles. The third kappa shape index (κ3) is 1.10. The van der Waals surface area contributed by atoms with Gasteiger partial charge in [-0.1, -0.05) is 18.9 Å². The predicted octanol–water partition coefficient (Wildman–Crippen LogP) is 2.72. The summed E-state index contributed by atoms with van der Waals surface area (Å²) in [6, 6.07) is 6.99. The van der Waals surface area contributed by atoms with Crippen LogP contribution in [0.25, 0.3) is 0 Å². The van der Waals surface area contributed by atoms with Crippen molar-refractivity contribution in [3.63, 3.8) is 0 Å². The number of nitrogens with one attached hydrogen (secondary N) is 1. The first kappa shape index (κ1) is 8.16. The molecular formula is C12H16N2. The maximum Gasteiger partial charge on any atom is 0.0399 e. The van der Waals surface area contributed by atoms with Crippen LogP contribution in [0, 0.1) is 0 Å². The Hall–Kier alpha value is -1.18. The second-order valence-electron chi connectivity index (χ2n) is 4.49. The number of hydrogen-bond donors (Lipinski definition) is 2. The summed E-state index contributed by atoms with van der Waals surface area (Å²) in [6.07, 6.45) is 5.41. The zero-order valence-electron chi connectivity index (χ0n) is 8.29. The Bertz CT molecular complexity index is 359. The van der Waals surface area contributed by atoms with Crippen molar-refractivity contribution < 1.29 is 0 Å². The van der Waals surface area contributed by atoms with E-state index in [9.17, 15) is 0 Å². The van der Waals surface area contributed by atoms with Crippen LogP contribution in [0.4, 0.5) is 11.4 Å². The Morgan fingerprint density at radius 3 is 3.00 bits per heavy atom. The fourth-order valence-electron chi connectivity index (χ4n) is 2.90. The van der Waals surface area contributed by atoms with E-state index in [1.165, 1.54) is 36.9 Å². The quantitative estimate of drug-likeness (QED) is 0.614. The number of anilines is 2. The summed E-state index contributed by atoms with van der Waals surface area (Å²) in [5, 5.41) is 3.60. The van der Waals surface area contributed by atoms with Crippen molar-refractivity contribution >= 4 is 11.4 Å². The van der Waals surface area contributed by atoms with E-state index in [0.29, 0.717) is 6.04 Å². The highest BCUT2D eigenvalue weighted by Crippen LogP contribution is 2.44. The Kier molecular flexibility index (Phi) is 1.69. The van der Waals surface area contributed by atoms with Gasteiger partial charge >= 0.3 is 0 Å². The van der Waals surface area contributed by atoms with E-state index in [1.54, 1.807) is 0 Å². The van der Waals surface area contributed by atoms with Gasteiger partial charge < -0.3 is 11.1 Å². The van der Waals surface area contributed by atoms with Crippen LogP contribution in [0.15, 0.2) is 18.2 Å². The molecule has 0 saturated heterocycles. The largest absolute Gasteiger partial charge is 0.399 e. The summed E-state index contributed by atoms with van der Waals surface area (Å²) in [6.45, 7) is 0. The van der Waals surface area contributed by atoms with Crippen molar-refractivity contribution in [1.29, 1.82) is 0 Å². The SMILES string of the molecule is Nc1ccc2c(c1)N[C@@H]1CCCC[C@H]21. The Labute approximate surface area is 84.5 Å². The second kappa shape index (κ2) is 2.91. The summed E-state index contributed by atoms with van der Waals surface area (Å²) < 4.78 is 0. The summed E-state index contributed by atoms with van der Waals surface area (Å²) in [5.41, 5.74) is 9.42. The molecule has 1 saturated carbocycles. The molecule has 14 heavy (non-hydrogen) atoms. The van der Waals surface area contributed by atoms with Gasteiger partial charge in [0.25, 0.3) is 0 Å². The highest BCUT2D eigenvalue weighted by atomic mass is 15.0. The topological polar surface area (TPSA) is 38.0 Å². The molecule has 1 fully saturated rings. The lowest BCUT2D eigenvalue weighted by Crippen LogP contribution is -2.23. The number of nitrogen functional groups attached to an aromatic ring is 1. The molecule has 3 N–H and O–H groups in total. The standard InChI is InChI=1S/C12H16N2/c13-8-5-6-10-9-3-1-2-4-11(9)14-12(10)7-8/h5-7,9,11,14H,1-4,13H2/t9-,11-/m1/s1. The maximum absolute atomic E-state index is 5.78. The lowest BCUT2D eigenvalue weighted by Gasteiger charge is -2.25. The molecule has 0 amide bonds. The number of hydrogen-bond acceptors (Lipinski definition) is 2. The fourth-order valence-corrected chi connectivity index (χ4v) is 2.90. The number of nitrogens with two attached hydrogens (primary N) is 1. The minimum absolute atomic E-state index is 0.681. The molecule has 1 aliphatic heterocycles. The third-order valence-electron chi connectivity index (χ3n) is 3.58. The van der Waals surface area contributed by atoms with Gasteiger partial charge in [0, 0.05) is 23.3 Å². The van der Waals surface area contributed by atoms with E-state index in [0.717, 1.165) is 11.6 Å². The molecular weight excluding hydrogens is 172 g/mol. The van der Waals surface area contributed by atoms with Gasteiger partial charge in [-0.05, 0) is 30.5 Å². The van der Waals surface area contributed by atoms with Crippen molar-refractivity contribution in [2.24, 2.45) is 0 Å². The minimum Gasteiger partial charge on any atom is -0.399 e. The Morgan fingerprint density at radius 1 is 1.21 bits per heavy atom. The third-order valence-corrected chi connectivity index (χ3v) is 3.58. The fraction of sp³-hybridized carbons (Fsp3) is 0.500. The molecule has 0 spiro atoms. The van der Waals surface area contributed by atoms with Crippen LogP contribution in [0.3, 0.4) is 0 Å². The number of fused-ring (bicyclic) bond motifs is 3. The molecule has 74 valence electrons. The van der Waals surface area contributed by atoms with Crippen molar-refractivity contribution in [3.05, 3.63) is 23.8 Å². The lowest BCUT2D eigenvalue weighted by atomic mass is 9.83. The number of benzene rings is 1. The van der Waals surface area contributed by atoms with Gasteiger partial charge in [-0.3, -0.25) is 0 Å². The Morgan fingerprint density at radius 2 is 2.07 bits per heavy atom. The van der Waals surface area contributed by atoms with E-state index >= 15 is 0 Å². The molecule has 0 bridgehead atoms. The molecule has 3 rings (SSSR count). The molecule has 2 heteroatoms. The number of rotatable bonds is 0. The van der Waals surface area contributed by atoms with Crippen molar-refractivity contribution in [2.45, 2.75) is 37.6 Å². The van der Waals surface area contributed by atoms with Gasteiger partial charge in [-0.25, -0.2) is 0 Å². The van der Waals surface area contributed by atoms with Gasteiger partial charge in [-0.15, -0.1) is 0 Å². The Balaban J connectivity index is 2.01. The van der Waals surface area contributed by atoms with E-state index in [4.69, 9.17) is 5.73 Å². The first-order valence-electron chi connectivity index (χ1n) is 5.50. The average molecular weight is 188 g/mol. The summed E-state index contributed by atoms with van der Waals surface area (Å²) >= 11 is 0. The zero-order valence-corrected chi connectivity index (χ0v) is 8.29. The summed E-state index contributed by atoms with van der Waals surface area (Å²) in [7, 11) is 0. The minimum atomic E-state index is 0.681. The monoisotopic (exact) mass is 188 g/mol. The molecule has 1 heterocycles. The molecule has 0 unspecified atom stereocenters. The predicted molar refractivity (Wildman–Crippen MR) is 59.5 cm³/mol. The van der Waals surface area contributed by atoms with E-state index in [2.05, 4.69) is 17.4 Å². The van der Waals surface area contributed by atoms with Crippen LogP contribution in [-0.4, -0.2) is 6.04 Å². The summed E-state index contributed by atoms with van der Waals surface area (Å²) in [4.78, 5) is 0. The summed E-state index contributed by atoms with van der Waals surface area (Å²) in [5.74, 6) is 0.749. The van der Waals surface area contributed by atoms with Gasteiger partial charge in [0.1, 0.15) is 0 Å². The molecule has 1 aromatic carbocycles. The second-order valence-corrected chi connectivity index (χ2v) is 4.49. The highest BCUT2D eigenvalue weighted by molar-refractivity contribution is 5.65. The molecule has 1 aliphatic carbocycles. The van der Waals surface area contributed by atoms with Crippen LogP contribution in [-0.2, 0) is 0 Å². The lowest BCUT2D eigenvalue weighted by molar-refractivity contribution is 0.422. The van der Waals surface area contributed by atoms with Crippen molar-refractivity contribution in [2.75, 3.05) is 11.1 Å². The molecule has 2 aliphatic rings. The average Bonchev–Trinajstić information content (AvgIpc) is 2.54. The van der Waals surface area contributed by atoms with Gasteiger partial charge in [0.15, 0.2) is 0 Å². The van der Waals surface area contributed by atoms with Gasteiger partial charge in [0.05, 0.1) is 0 Å². The van der Waals surface area contributed by atoms with Gasteiger partial charge in [0.2, 0.25) is 0 Å². The van der Waals surface area contributed by atoms with Crippen LogP contribution in [0.2, 0.25) is 0 Å². The highest BCUT2D eigenvalue weighted by Gasteiger charge is 2.33. The van der Waals surface area contributed by atoms with Crippen molar-refractivity contribution in [1.82, 2.24) is 0 Å². The maximum atomic E-state index is 5.78. The first-order valence-corrected chi connectivity index (χ1v) is 5.50. The molecule has 0 radical (unpaired) electrons. The van der Waals surface area contributed by atoms with Gasteiger partial charge in [-0.2, -0.15) is 0 Å². The molecule has 1 aromatic rings. The van der Waals surface area contributed by atoms with Crippen molar-refractivity contribution in [3.8, 4) is 0 Å². The zero-order chi connectivity index (χ0) is 9.54. The van der Waals surface area contributed by atoms with Crippen LogP contribution < -0.4 is 11.1 Å². The van der Waals surface area contributed by atoms with E-state index < -0.39 is 0 Å². The van der Waals surface area contributed by atoms with Crippen LogP contribution in [0.5, 0.6) is 0 Å². The van der Waals surface area contributed by atoms with E-state index in [-0.39, 0.29) is 0 Å². The smallest absolute Gasteiger partial charge is 0.0399 e. The normalized spacial score (nSPS) is 29.1. The van der Waals surface area contributed by atoms with Crippen LogP contribution in [0.1, 0.15) is 37.2 Å². The van der Waals surface area contributed by atoms with Crippen LogP contribution >= 0.6 is 0 Å². The molecule has 2 nitrogen and oxygen atoms in total.